The molecular weight excluding hydrogens is 396 g/mol. The second kappa shape index (κ2) is 8.18. The van der Waals surface area contributed by atoms with E-state index in [1.807, 2.05) is 0 Å². The molecule has 29 heavy (non-hydrogen) atoms. The first-order valence-electron chi connectivity index (χ1n) is 9.02. The van der Waals surface area contributed by atoms with Crippen molar-refractivity contribution in [3.8, 4) is 0 Å². The van der Waals surface area contributed by atoms with Crippen LogP contribution >= 0.6 is 0 Å². The fourth-order valence-corrected chi connectivity index (χ4v) is 4.68. The first kappa shape index (κ1) is 20.7. The number of piperazine rings is 1. The molecule has 0 atom stereocenters. The van der Waals surface area contributed by atoms with Gasteiger partial charge in [0.05, 0.1) is 9.82 Å². The van der Waals surface area contributed by atoms with Crippen LogP contribution in [-0.4, -0.2) is 68.7 Å². The predicted octanol–water partition coefficient (Wildman–Crippen LogP) is 1.81. The van der Waals surface area contributed by atoms with Gasteiger partial charge in [0.2, 0.25) is 10.0 Å². The van der Waals surface area contributed by atoms with Crippen LogP contribution in [0.3, 0.4) is 0 Å². The molecule has 1 aliphatic rings. The summed E-state index contributed by atoms with van der Waals surface area (Å²) in [5, 5.41) is 11.3. The maximum absolute atomic E-state index is 12.8. The third-order valence-electron chi connectivity index (χ3n) is 4.81. The Morgan fingerprint density at radius 3 is 2.21 bits per heavy atom. The molecule has 3 rings (SSSR count). The summed E-state index contributed by atoms with van der Waals surface area (Å²) in [7, 11) is -0.227. The van der Waals surface area contributed by atoms with E-state index in [4.69, 9.17) is 0 Å². The van der Waals surface area contributed by atoms with Crippen molar-refractivity contribution in [2.45, 2.75) is 4.90 Å². The highest BCUT2D eigenvalue weighted by molar-refractivity contribution is 7.89. The van der Waals surface area contributed by atoms with Gasteiger partial charge in [-0.1, -0.05) is 18.2 Å². The monoisotopic (exact) mass is 418 g/mol. The maximum atomic E-state index is 12.8. The molecule has 0 aromatic heterocycles. The first-order valence-corrected chi connectivity index (χ1v) is 10.5. The Labute approximate surface area is 169 Å². The van der Waals surface area contributed by atoms with Gasteiger partial charge in [0.25, 0.3) is 11.6 Å². The Balaban J connectivity index is 1.74. The number of benzene rings is 2. The van der Waals surface area contributed by atoms with Crippen LogP contribution in [0.1, 0.15) is 10.4 Å². The number of sulfonamides is 1. The van der Waals surface area contributed by atoms with Gasteiger partial charge in [0.15, 0.2) is 0 Å². The van der Waals surface area contributed by atoms with Crippen molar-refractivity contribution in [2.24, 2.45) is 0 Å². The van der Waals surface area contributed by atoms with Crippen LogP contribution in [0, 0.1) is 10.1 Å². The lowest BCUT2D eigenvalue weighted by atomic mass is 10.1. The van der Waals surface area contributed by atoms with Crippen molar-refractivity contribution >= 4 is 27.3 Å². The van der Waals surface area contributed by atoms with Crippen LogP contribution in [0.5, 0.6) is 0 Å². The average molecular weight is 418 g/mol. The summed E-state index contributed by atoms with van der Waals surface area (Å²) < 4.78 is 26.7. The number of nitro benzene ring substituents is 1. The molecule has 1 aliphatic heterocycles. The van der Waals surface area contributed by atoms with E-state index in [-0.39, 0.29) is 48.2 Å². The second-order valence-electron chi connectivity index (χ2n) is 6.86. The Hall–Kier alpha value is -2.98. The van der Waals surface area contributed by atoms with E-state index in [9.17, 15) is 23.3 Å². The van der Waals surface area contributed by atoms with E-state index >= 15 is 0 Å². The molecule has 0 N–H and O–H groups in total. The number of hydrogen-bond acceptors (Lipinski definition) is 6. The summed E-state index contributed by atoms with van der Waals surface area (Å²) in [5.74, 6) is -0.352. The number of carbonyl (C=O) groups excluding carboxylic acids is 1. The lowest BCUT2D eigenvalue weighted by Crippen LogP contribution is -2.50. The number of hydrogen-bond donors (Lipinski definition) is 0. The molecule has 1 fully saturated rings. The third-order valence-corrected chi connectivity index (χ3v) is 6.72. The van der Waals surface area contributed by atoms with E-state index in [0.29, 0.717) is 5.69 Å². The Bertz CT molecular complexity index is 1020. The van der Waals surface area contributed by atoms with Crippen molar-refractivity contribution < 1.29 is 18.1 Å². The van der Waals surface area contributed by atoms with Crippen molar-refractivity contribution in [1.29, 1.82) is 0 Å². The molecule has 0 unspecified atom stereocenters. The number of carbonyl (C=O) groups is 1. The Morgan fingerprint density at radius 2 is 1.66 bits per heavy atom. The topological polar surface area (TPSA) is 104 Å². The van der Waals surface area contributed by atoms with Gasteiger partial charge in [-0.2, -0.15) is 4.31 Å². The van der Waals surface area contributed by atoms with Gasteiger partial charge in [-0.15, -0.1) is 0 Å². The van der Waals surface area contributed by atoms with Crippen molar-refractivity contribution in [3.05, 3.63) is 64.2 Å². The number of nitrogens with zero attached hydrogens (tertiary/aromatic N) is 4. The molecule has 1 amide bonds. The van der Waals surface area contributed by atoms with Crippen LogP contribution in [0.2, 0.25) is 0 Å². The van der Waals surface area contributed by atoms with Crippen molar-refractivity contribution in [3.63, 3.8) is 0 Å². The number of nitro groups is 1. The minimum atomic E-state index is -3.61. The molecule has 2 aromatic carbocycles. The normalized spacial score (nSPS) is 15.2. The quantitative estimate of drug-likeness (QED) is 0.542. The predicted molar refractivity (Wildman–Crippen MR) is 109 cm³/mol. The summed E-state index contributed by atoms with van der Waals surface area (Å²) in [6.07, 6.45) is 0. The number of amides is 1. The molecule has 0 aliphatic carbocycles. The maximum Gasteiger partial charge on any atom is 0.293 e. The van der Waals surface area contributed by atoms with E-state index in [1.54, 1.807) is 49.3 Å². The summed E-state index contributed by atoms with van der Waals surface area (Å²) in [4.78, 5) is 27.0. The average Bonchev–Trinajstić information content (AvgIpc) is 2.73. The van der Waals surface area contributed by atoms with Gasteiger partial charge in [0, 0.05) is 51.9 Å². The highest BCUT2D eigenvalue weighted by Crippen LogP contribution is 2.28. The molecule has 10 heteroatoms. The van der Waals surface area contributed by atoms with Gasteiger partial charge >= 0.3 is 0 Å². The molecule has 0 bridgehead atoms. The highest BCUT2D eigenvalue weighted by atomic mass is 32.2. The summed E-state index contributed by atoms with van der Waals surface area (Å²) in [6.45, 7) is 0.768. The molecule has 154 valence electrons. The largest absolute Gasteiger partial charge is 0.372 e. The number of rotatable bonds is 5. The van der Waals surface area contributed by atoms with Gasteiger partial charge in [-0.05, 0) is 24.3 Å². The molecular formula is C19H22N4O5S. The minimum absolute atomic E-state index is 0.147. The lowest BCUT2D eigenvalue weighted by Gasteiger charge is -2.34. The smallest absolute Gasteiger partial charge is 0.293 e. The Morgan fingerprint density at radius 1 is 1.03 bits per heavy atom. The molecule has 0 radical (unpaired) electrons. The highest BCUT2D eigenvalue weighted by Gasteiger charge is 2.31. The standard InChI is InChI=1S/C19H22N4O5S/c1-20(2)17-9-8-15(14-18(17)23(25)26)19(24)21-10-12-22(13-11-21)29(27,28)16-6-4-3-5-7-16/h3-9,14H,10-13H2,1-2H3. The third kappa shape index (κ3) is 4.22. The minimum Gasteiger partial charge on any atom is -0.372 e. The van der Waals surface area contributed by atoms with Crippen molar-refractivity contribution in [1.82, 2.24) is 9.21 Å². The van der Waals surface area contributed by atoms with Crippen LogP contribution in [0.25, 0.3) is 0 Å². The molecule has 9 nitrogen and oxygen atoms in total. The van der Waals surface area contributed by atoms with E-state index < -0.39 is 14.9 Å². The van der Waals surface area contributed by atoms with Crippen LogP contribution < -0.4 is 4.90 Å². The van der Waals surface area contributed by atoms with Crippen LogP contribution in [-0.2, 0) is 10.0 Å². The van der Waals surface area contributed by atoms with Gasteiger partial charge in [-0.3, -0.25) is 14.9 Å². The molecule has 0 saturated carbocycles. The fraction of sp³-hybridized carbons (Fsp3) is 0.316. The van der Waals surface area contributed by atoms with Gasteiger partial charge in [0.1, 0.15) is 5.69 Å². The van der Waals surface area contributed by atoms with Crippen LogP contribution in [0.15, 0.2) is 53.4 Å². The zero-order chi connectivity index (χ0) is 21.2. The molecule has 1 heterocycles. The van der Waals surface area contributed by atoms with Gasteiger partial charge in [-0.25, -0.2) is 8.42 Å². The zero-order valence-electron chi connectivity index (χ0n) is 16.2. The summed E-state index contributed by atoms with van der Waals surface area (Å²) >= 11 is 0. The van der Waals surface area contributed by atoms with Crippen LogP contribution in [0.4, 0.5) is 11.4 Å². The van der Waals surface area contributed by atoms with E-state index in [2.05, 4.69) is 0 Å². The Kier molecular flexibility index (Phi) is 5.85. The SMILES string of the molecule is CN(C)c1ccc(C(=O)N2CCN(S(=O)(=O)c3ccccc3)CC2)cc1[N+](=O)[O-]. The molecule has 0 spiro atoms. The van der Waals surface area contributed by atoms with E-state index in [0.717, 1.165) is 0 Å². The molecule has 1 saturated heterocycles. The summed E-state index contributed by atoms with van der Waals surface area (Å²) in [6, 6.07) is 12.5. The number of anilines is 1. The van der Waals surface area contributed by atoms with E-state index in [1.165, 1.54) is 27.4 Å². The fourth-order valence-electron chi connectivity index (χ4n) is 3.24. The zero-order valence-corrected chi connectivity index (χ0v) is 17.0. The van der Waals surface area contributed by atoms with Gasteiger partial charge < -0.3 is 9.80 Å². The molecule has 2 aromatic rings. The second-order valence-corrected chi connectivity index (χ2v) is 8.80. The summed E-state index contributed by atoms with van der Waals surface area (Å²) in [5.41, 5.74) is 0.470. The van der Waals surface area contributed by atoms with Crippen molar-refractivity contribution in [2.75, 3.05) is 45.2 Å². The first-order chi connectivity index (χ1) is 13.7. The lowest BCUT2D eigenvalue weighted by molar-refractivity contribution is -0.384.